The second-order valence-corrected chi connectivity index (χ2v) is 4.78. The molecule has 65 valence electrons. The monoisotopic (exact) mass is 174 g/mol. The first-order valence-corrected chi connectivity index (χ1v) is 5.10. The van der Waals surface area contributed by atoms with E-state index >= 15 is 0 Å². The van der Waals surface area contributed by atoms with Crippen molar-refractivity contribution in [2.75, 3.05) is 5.75 Å². The zero-order chi connectivity index (χ0) is 8.48. The second-order valence-electron chi connectivity index (χ2n) is 3.55. The van der Waals surface area contributed by atoms with Crippen molar-refractivity contribution < 1.29 is 5.11 Å². The Bertz CT molecular complexity index is 138. The number of hydrogen-bond acceptors (Lipinski definition) is 2. The molecule has 0 saturated carbocycles. The molecule has 1 rings (SSSR count). The van der Waals surface area contributed by atoms with Gasteiger partial charge in [-0.25, -0.2) is 9.41 Å². The molecular formula is C8H16NOS. The molecule has 0 aromatic carbocycles. The fourth-order valence-corrected chi connectivity index (χ4v) is 2.48. The Kier molecular flexibility index (Phi) is 2.84. The van der Waals surface area contributed by atoms with Crippen molar-refractivity contribution in [3.05, 3.63) is 0 Å². The summed E-state index contributed by atoms with van der Waals surface area (Å²) in [4.78, 5) is 0. The zero-order valence-electron chi connectivity index (χ0n) is 7.46. The van der Waals surface area contributed by atoms with Gasteiger partial charge in [0.05, 0.1) is 0 Å². The summed E-state index contributed by atoms with van der Waals surface area (Å²) < 4.78 is 2.01. The smallest absolute Gasteiger partial charge is 0.155 e. The number of hydrogen-bond donors (Lipinski definition) is 0. The molecule has 1 fully saturated rings. The fourth-order valence-electron chi connectivity index (χ4n) is 1.49. The van der Waals surface area contributed by atoms with Gasteiger partial charge in [0.1, 0.15) is 0 Å². The van der Waals surface area contributed by atoms with Crippen molar-refractivity contribution in [2.45, 2.75) is 45.4 Å². The van der Waals surface area contributed by atoms with E-state index in [2.05, 4.69) is 20.8 Å². The van der Waals surface area contributed by atoms with Gasteiger partial charge >= 0.3 is 0 Å². The van der Waals surface area contributed by atoms with Gasteiger partial charge in [-0.15, -0.1) is 0 Å². The molecule has 0 bridgehead atoms. The normalized spacial score (nSPS) is 31.1. The van der Waals surface area contributed by atoms with Gasteiger partial charge in [-0.1, -0.05) is 18.9 Å². The predicted molar refractivity (Wildman–Crippen MR) is 47.8 cm³/mol. The van der Waals surface area contributed by atoms with Gasteiger partial charge in [-0.2, -0.15) is 0 Å². The summed E-state index contributed by atoms with van der Waals surface area (Å²) in [5.41, 5.74) is 0.118. The van der Waals surface area contributed by atoms with Crippen molar-refractivity contribution in [2.24, 2.45) is 0 Å². The molecule has 1 unspecified atom stereocenters. The lowest BCUT2D eigenvalue weighted by atomic mass is 10.0. The third kappa shape index (κ3) is 1.89. The van der Waals surface area contributed by atoms with Crippen molar-refractivity contribution in [1.29, 1.82) is 0 Å². The molecule has 1 saturated heterocycles. The molecule has 11 heavy (non-hydrogen) atoms. The average Bonchev–Trinajstić information content (AvgIpc) is 2.16. The summed E-state index contributed by atoms with van der Waals surface area (Å²) >= 11 is 1.67. The van der Waals surface area contributed by atoms with Gasteiger partial charge in [-0.05, 0) is 26.7 Å². The third-order valence-electron chi connectivity index (χ3n) is 2.13. The summed E-state index contributed by atoms with van der Waals surface area (Å²) in [5.74, 6) is 1.00. The van der Waals surface area contributed by atoms with Gasteiger partial charge in [0.25, 0.3) is 0 Å². The van der Waals surface area contributed by atoms with Crippen LogP contribution in [0, 0.1) is 0 Å². The molecular weight excluding hydrogens is 158 g/mol. The molecule has 0 aromatic heterocycles. The van der Waals surface area contributed by atoms with Crippen molar-refractivity contribution >= 4 is 11.9 Å². The molecule has 0 amide bonds. The van der Waals surface area contributed by atoms with Gasteiger partial charge < -0.3 is 0 Å². The van der Waals surface area contributed by atoms with E-state index in [9.17, 15) is 5.11 Å². The van der Waals surface area contributed by atoms with Gasteiger partial charge in [0, 0.05) is 11.3 Å². The van der Waals surface area contributed by atoms with Crippen LogP contribution in [-0.2, 0) is 5.11 Å². The van der Waals surface area contributed by atoms with Crippen LogP contribution >= 0.6 is 11.9 Å². The molecule has 0 N–H and O–H groups in total. The molecule has 3 heteroatoms. The van der Waals surface area contributed by atoms with Gasteiger partial charge in [0.2, 0.25) is 0 Å². The zero-order valence-corrected chi connectivity index (χ0v) is 8.28. The number of rotatable bonds is 2. The Balaban J connectivity index is 2.57. The molecule has 0 aliphatic carbocycles. The standard InChI is InChI=1S/C8H16NOS/c1-4-11-9-7(10)5-6-8(9,2)3/h7H,4-6H2,1-3H3. The molecule has 1 heterocycles. The van der Waals surface area contributed by atoms with E-state index in [-0.39, 0.29) is 5.54 Å². The molecule has 1 aliphatic heterocycles. The van der Waals surface area contributed by atoms with Crippen LogP contribution < -0.4 is 0 Å². The topological polar surface area (TPSA) is 23.1 Å². The van der Waals surface area contributed by atoms with E-state index in [1.807, 2.05) is 4.31 Å². The Morgan fingerprint density at radius 3 is 2.64 bits per heavy atom. The molecule has 1 aliphatic rings. The fraction of sp³-hybridized carbons (Fsp3) is 1.00. The average molecular weight is 174 g/mol. The van der Waals surface area contributed by atoms with E-state index in [0.717, 1.165) is 18.6 Å². The van der Waals surface area contributed by atoms with Crippen LogP contribution in [0.15, 0.2) is 0 Å². The highest BCUT2D eigenvalue weighted by Gasteiger charge is 2.39. The first-order chi connectivity index (χ1) is 5.08. The van der Waals surface area contributed by atoms with E-state index < -0.39 is 6.23 Å². The van der Waals surface area contributed by atoms with Crippen molar-refractivity contribution in [3.63, 3.8) is 0 Å². The first-order valence-electron chi connectivity index (χ1n) is 4.16. The minimum atomic E-state index is -0.477. The number of nitrogens with zero attached hydrogens (tertiary/aromatic N) is 1. The minimum absolute atomic E-state index is 0.118. The van der Waals surface area contributed by atoms with Crippen molar-refractivity contribution in [1.82, 2.24) is 4.31 Å². The van der Waals surface area contributed by atoms with Crippen LogP contribution in [-0.4, -0.2) is 21.8 Å². The lowest BCUT2D eigenvalue weighted by Crippen LogP contribution is -2.36. The van der Waals surface area contributed by atoms with E-state index in [1.54, 1.807) is 11.9 Å². The molecule has 0 aromatic rings. The highest BCUT2D eigenvalue weighted by atomic mass is 32.2. The van der Waals surface area contributed by atoms with Crippen LogP contribution in [0.3, 0.4) is 0 Å². The maximum atomic E-state index is 11.4. The summed E-state index contributed by atoms with van der Waals surface area (Å²) in [6, 6.07) is 0. The van der Waals surface area contributed by atoms with E-state index in [1.165, 1.54) is 0 Å². The molecule has 1 radical (unpaired) electrons. The van der Waals surface area contributed by atoms with Crippen LogP contribution in [0.4, 0.5) is 0 Å². The van der Waals surface area contributed by atoms with Crippen molar-refractivity contribution in [3.8, 4) is 0 Å². The molecule has 0 spiro atoms. The maximum absolute atomic E-state index is 11.4. The highest BCUT2D eigenvalue weighted by molar-refractivity contribution is 7.97. The predicted octanol–water partition coefficient (Wildman–Crippen LogP) is 2.29. The van der Waals surface area contributed by atoms with Crippen LogP contribution in [0.25, 0.3) is 0 Å². The van der Waals surface area contributed by atoms with Crippen LogP contribution in [0.1, 0.15) is 33.6 Å². The Labute approximate surface area is 73.1 Å². The van der Waals surface area contributed by atoms with E-state index in [4.69, 9.17) is 0 Å². The molecule has 1 atom stereocenters. The third-order valence-corrected chi connectivity index (χ3v) is 3.40. The van der Waals surface area contributed by atoms with Gasteiger partial charge in [0.15, 0.2) is 6.23 Å². The first kappa shape index (κ1) is 9.36. The lowest BCUT2D eigenvalue weighted by Gasteiger charge is -2.30. The second kappa shape index (κ2) is 3.33. The Morgan fingerprint density at radius 1 is 1.64 bits per heavy atom. The summed E-state index contributed by atoms with van der Waals surface area (Å²) in [7, 11) is 0. The maximum Gasteiger partial charge on any atom is 0.155 e. The summed E-state index contributed by atoms with van der Waals surface area (Å²) in [6.45, 7) is 6.38. The van der Waals surface area contributed by atoms with E-state index in [0.29, 0.717) is 0 Å². The largest absolute Gasteiger partial charge is 0.215 e. The summed E-state index contributed by atoms with van der Waals surface area (Å²) in [6.07, 6.45) is 1.36. The quantitative estimate of drug-likeness (QED) is 0.599. The van der Waals surface area contributed by atoms with Crippen LogP contribution in [0.5, 0.6) is 0 Å². The SMILES string of the molecule is CCSN1C([O])CCC1(C)C. The van der Waals surface area contributed by atoms with Gasteiger partial charge in [-0.3, -0.25) is 0 Å². The highest BCUT2D eigenvalue weighted by Crippen LogP contribution is 2.37. The Morgan fingerprint density at radius 2 is 2.27 bits per heavy atom. The summed E-state index contributed by atoms with van der Waals surface area (Å²) in [5, 5.41) is 11.4. The van der Waals surface area contributed by atoms with Crippen LogP contribution in [0.2, 0.25) is 0 Å². The Hall–Kier alpha value is 0.270. The molecule has 2 nitrogen and oxygen atoms in total. The lowest BCUT2D eigenvalue weighted by molar-refractivity contribution is 0.00749. The minimum Gasteiger partial charge on any atom is -0.215 e.